The van der Waals surface area contributed by atoms with E-state index in [0.29, 0.717) is 23.2 Å². The number of carbonyl (C=O) groups excluding carboxylic acids is 1. The van der Waals surface area contributed by atoms with Crippen molar-refractivity contribution in [3.63, 3.8) is 0 Å². The summed E-state index contributed by atoms with van der Waals surface area (Å²) in [7, 11) is 1.70. The Labute approximate surface area is 175 Å². The number of aryl methyl sites for hydroxylation is 2. The van der Waals surface area contributed by atoms with Gasteiger partial charge in [-0.2, -0.15) is 4.98 Å². The number of likely N-dealkylation sites (N-methyl/N-ethyl adjacent to an activating group) is 1. The normalized spacial score (nSPS) is 11.9. The third-order valence-corrected chi connectivity index (χ3v) is 4.83. The largest absolute Gasteiger partial charge is 0.480 e. The highest BCUT2D eigenvalue weighted by Gasteiger charge is 2.24. The number of benzene rings is 2. The first-order valence-electron chi connectivity index (χ1n) is 9.44. The molecule has 6 nitrogen and oxygen atoms in total. The predicted octanol–water partition coefficient (Wildman–Crippen LogP) is 4.82. The number of hydrogen-bond donors (Lipinski definition) is 0. The van der Waals surface area contributed by atoms with Crippen LogP contribution in [0.1, 0.15) is 30.4 Å². The lowest BCUT2D eigenvalue weighted by Crippen LogP contribution is -2.39. The van der Waals surface area contributed by atoms with Crippen LogP contribution in [0, 0.1) is 13.8 Å². The fourth-order valence-electron chi connectivity index (χ4n) is 2.86. The number of aromatic nitrogens is 2. The number of ether oxygens (including phenoxy) is 1. The van der Waals surface area contributed by atoms with Gasteiger partial charge < -0.3 is 14.2 Å². The van der Waals surface area contributed by atoms with E-state index in [9.17, 15) is 4.79 Å². The molecule has 152 valence electrons. The standard InChI is InChI=1S/C22H24ClN3O3/c1-5-18(28-19-12-14(2)6-7-15(19)3)22(27)26(4)13-20-24-21(25-29-20)16-8-10-17(23)11-9-16/h6-12,18H,5,13H2,1-4H3/t18-/m0/s1. The molecule has 0 N–H and O–H groups in total. The number of carbonyl (C=O) groups is 1. The Morgan fingerprint density at radius 1 is 1.21 bits per heavy atom. The lowest BCUT2D eigenvalue weighted by atomic mass is 10.1. The van der Waals surface area contributed by atoms with Gasteiger partial charge in [-0.25, -0.2) is 0 Å². The summed E-state index contributed by atoms with van der Waals surface area (Å²) in [4.78, 5) is 18.8. The van der Waals surface area contributed by atoms with Crippen LogP contribution < -0.4 is 4.74 Å². The highest BCUT2D eigenvalue weighted by Crippen LogP contribution is 2.22. The van der Waals surface area contributed by atoms with E-state index < -0.39 is 6.10 Å². The van der Waals surface area contributed by atoms with E-state index in [1.165, 1.54) is 0 Å². The maximum absolute atomic E-state index is 12.9. The number of hydrogen-bond acceptors (Lipinski definition) is 5. The van der Waals surface area contributed by atoms with Crippen molar-refractivity contribution in [2.24, 2.45) is 0 Å². The van der Waals surface area contributed by atoms with Gasteiger partial charge in [0, 0.05) is 17.6 Å². The summed E-state index contributed by atoms with van der Waals surface area (Å²) in [6.07, 6.45) is -0.0321. The van der Waals surface area contributed by atoms with Crippen molar-refractivity contribution in [3.8, 4) is 17.1 Å². The molecule has 0 aliphatic rings. The van der Waals surface area contributed by atoms with Gasteiger partial charge >= 0.3 is 0 Å². The molecule has 0 saturated heterocycles. The second-order valence-corrected chi connectivity index (χ2v) is 7.43. The summed E-state index contributed by atoms with van der Waals surface area (Å²) in [5.41, 5.74) is 2.87. The smallest absolute Gasteiger partial charge is 0.263 e. The minimum atomic E-state index is -0.584. The van der Waals surface area contributed by atoms with Crippen LogP contribution in [0.2, 0.25) is 5.02 Å². The van der Waals surface area contributed by atoms with Gasteiger partial charge in [0.2, 0.25) is 11.7 Å². The molecule has 1 amide bonds. The van der Waals surface area contributed by atoms with Crippen LogP contribution in [0.4, 0.5) is 0 Å². The third-order valence-electron chi connectivity index (χ3n) is 4.58. The molecule has 0 aliphatic heterocycles. The molecule has 0 radical (unpaired) electrons. The van der Waals surface area contributed by atoms with Crippen molar-refractivity contribution in [3.05, 3.63) is 64.5 Å². The van der Waals surface area contributed by atoms with Gasteiger partial charge in [-0.1, -0.05) is 35.8 Å². The number of halogens is 1. The third kappa shape index (κ3) is 5.15. The molecule has 0 unspecified atom stereocenters. The van der Waals surface area contributed by atoms with E-state index in [1.54, 1.807) is 24.1 Å². The second-order valence-electron chi connectivity index (χ2n) is 7.00. The van der Waals surface area contributed by atoms with Crippen molar-refractivity contribution in [2.45, 2.75) is 39.8 Å². The Balaban J connectivity index is 1.67. The van der Waals surface area contributed by atoms with Crippen LogP contribution in [0.5, 0.6) is 5.75 Å². The topological polar surface area (TPSA) is 68.5 Å². The Kier molecular flexibility index (Phi) is 6.54. The van der Waals surface area contributed by atoms with Crippen molar-refractivity contribution < 1.29 is 14.1 Å². The molecule has 0 fully saturated rings. The van der Waals surface area contributed by atoms with Gasteiger partial charge in [0.1, 0.15) is 5.75 Å². The molecule has 3 aromatic rings. The van der Waals surface area contributed by atoms with Gasteiger partial charge in [-0.15, -0.1) is 0 Å². The summed E-state index contributed by atoms with van der Waals surface area (Å²) in [6.45, 7) is 6.08. The fourth-order valence-corrected chi connectivity index (χ4v) is 2.98. The summed E-state index contributed by atoms with van der Waals surface area (Å²) >= 11 is 5.91. The van der Waals surface area contributed by atoms with Gasteiger partial charge in [0.15, 0.2) is 6.10 Å². The molecule has 3 rings (SSSR count). The molecule has 1 aromatic heterocycles. The maximum atomic E-state index is 12.9. The van der Waals surface area contributed by atoms with Gasteiger partial charge in [-0.3, -0.25) is 4.79 Å². The van der Waals surface area contributed by atoms with Gasteiger partial charge in [0.05, 0.1) is 6.54 Å². The molecule has 7 heteroatoms. The van der Waals surface area contributed by atoms with E-state index in [0.717, 1.165) is 22.4 Å². The molecule has 29 heavy (non-hydrogen) atoms. The van der Waals surface area contributed by atoms with E-state index in [4.69, 9.17) is 20.9 Å². The minimum Gasteiger partial charge on any atom is -0.480 e. The van der Waals surface area contributed by atoms with Gasteiger partial charge in [0.25, 0.3) is 5.91 Å². The van der Waals surface area contributed by atoms with Crippen molar-refractivity contribution >= 4 is 17.5 Å². The SMILES string of the molecule is CC[C@H](Oc1cc(C)ccc1C)C(=O)N(C)Cc1nc(-c2ccc(Cl)cc2)no1. The fraction of sp³-hybridized carbons (Fsp3) is 0.318. The Morgan fingerprint density at radius 3 is 2.62 bits per heavy atom. The first kappa shape index (κ1) is 20.9. The minimum absolute atomic E-state index is 0.139. The Morgan fingerprint density at radius 2 is 1.93 bits per heavy atom. The average molecular weight is 414 g/mol. The maximum Gasteiger partial charge on any atom is 0.263 e. The van der Waals surface area contributed by atoms with E-state index in [2.05, 4.69) is 10.1 Å². The zero-order valence-electron chi connectivity index (χ0n) is 17.0. The molecule has 2 aromatic carbocycles. The quantitative estimate of drug-likeness (QED) is 0.555. The molecule has 1 heterocycles. The van der Waals surface area contributed by atoms with Crippen molar-refractivity contribution in [2.75, 3.05) is 7.05 Å². The molecule has 0 saturated carbocycles. The molecular formula is C22H24ClN3O3. The van der Waals surface area contributed by atoms with Crippen LogP contribution in [0.25, 0.3) is 11.4 Å². The summed E-state index contributed by atoms with van der Waals surface area (Å²) in [5.74, 6) is 1.39. The number of amides is 1. The summed E-state index contributed by atoms with van der Waals surface area (Å²) in [6, 6.07) is 13.1. The zero-order valence-corrected chi connectivity index (χ0v) is 17.7. The predicted molar refractivity (Wildman–Crippen MR) is 112 cm³/mol. The van der Waals surface area contributed by atoms with E-state index in [1.807, 2.05) is 51.1 Å². The van der Waals surface area contributed by atoms with E-state index in [-0.39, 0.29) is 12.5 Å². The van der Waals surface area contributed by atoms with Crippen LogP contribution in [-0.4, -0.2) is 34.1 Å². The highest BCUT2D eigenvalue weighted by molar-refractivity contribution is 6.30. The molecule has 0 aliphatic carbocycles. The van der Waals surface area contributed by atoms with E-state index >= 15 is 0 Å². The molecule has 0 spiro atoms. The average Bonchev–Trinajstić information content (AvgIpc) is 3.17. The molecular weight excluding hydrogens is 390 g/mol. The Bertz CT molecular complexity index is 985. The van der Waals surface area contributed by atoms with Crippen molar-refractivity contribution in [1.29, 1.82) is 0 Å². The van der Waals surface area contributed by atoms with Crippen LogP contribution in [-0.2, 0) is 11.3 Å². The first-order valence-corrected chi connectivity index (χ1v) is 9.82. The lowest BCUT2D eigenvalue weighted by molar-refractivity contribution is -0.138. The Hall–Kier alpha value is -2.86. The second kappa shape index (κ2) is 9.09. The lowest BCUT2D eigenvalue weighted by Gasteiger charge is -2.23. The van der Waals surface area contributed by atoms with Crippen LogP contribution >= 0.6 is 11.6 Å². The van der Waals surface area contributed by atoms with Crippen LogP contribution in [0.3, 0.4) is 0 Å². The highest BCUT2D eigenvalue weighted by atomic mass is 35.5. The molecule has 1 atom stereocenters. The van der Waals surface area contributed by atoms with Crippen molar-refractivity contribution in [1.82, 2.24) is 15.0 Å². The summed E-state index contributed by atoms with van der Waals surface area (Å²) < 4.78 is 11.3. The zero-order chi connectivity index (χ0) is 21.0. The molecule has 0 bridgehead atoms. The monoisotopic (exact) mass is 413 g/mol. The number of rotatable bonds is 7. The first-order chi connectivity index (χ1) is 13.9. The van der Waals surface area contributed by atoms with Gasteiger partial charge in [-0.05, 0) is 61.7 Å². The summed E-state index contributed by atoms with van der Waals surface area (Å²) in [5, 5.41) is 4.62. The number of nitrogens with zero attached hydrogens (tertiary/aromatic N) is 3. The van der Waals surface area contributed by atoms with Crippen LogP contribution in [0.15, 0.2) is 47.0 Å².